The second kappa shape index (κ2) is 20.8. The highest BCUT2D eigenvalue weighted by atomic mass is 79.9. The van der Waals surface area contributed by atoms with Crippen LogP contribution in [0.15, 0.2) is 35.3 Å². The molecule has 0 aliphatic heterocycles. The number of benzene rings is 1. The Morgan fingerprint density at radius 1 is 1.43 bits per heavy atom. The van der Waals surface area contributed by atoms with Crippen LogP contribution in [0.1, 0.15) is 45.6 Å². The summed E-state index contributed by atoms with van der Waals surface area (Å²) < 4.78 is 13.3. The van der Waals surface area contributed by atoms with Gasteiger partial charge in [-0.05, 0) is 44.2 Å². The van der Waals surface area contributed by atoms with Crippen LogP contribution in [0.2, 0.25) is 0 Å². The van der Waals surface area contributed by atoms with E-state index in [0.29, 0.717) is 0 Å². The first-order valence-electron chi connectivity index (χ1n) is 7.77. The summed E-state index contributed by atoms with van der Waals surface area (Å²) in [6.07, 6.45) is 5.72. The van der Waals surface area contributed by atoms with Crippen molar-refractivity contribution in [2.45, 2.75) is 47.0 Å². The number of carboxylic acid groups (broad SMARTS) is 1. The van der Waals surface area contributed by atoms with Crippen molar-refractivity contribution in [3.8, 4) is 0 Å². The Kier molecular flexibility index (Phi) is 24.1. The van der Waals surface area contributed by atoms with Gasteiger partial charge in [0.1, 0.15) is 5.82 Å². The number of likely N-dealkylation sites (N-methyl/N-ethyl adjacent to an activating group) is 1. The van der Waals surface area contributed by atoms with Crippen molar-refractivity contribution in [1.82, 2.24) is 5.32 Å². The summed E-state index contributed by atoms with van der Waals surface area (Å²) in [4.78, 5) is 9.54. The van der Waals surface area contributed by atoms with Crippen LogP contribution >= 0.6 is 15.9 Å². The lowest BCUT2D eigenvalue weighted by Crippen LogP contribution is -2.16. The Morgan fingerprint density at radius 3 is 2.22 bits per heavy atom. The highest BCUT2D eigenvalue weighted by Gasteiger charge is 1.93. The summed E-state index contributed by atoms with van der Waals surface area (Å²) >= 11 is 3.26. The Labute approximate surface area is 149 Å². The molecule has 0 atom stereocenters. The molecule has 0 fully saturated rings. The molecule has 0 amide bonds. The third kappa shape index (κ3) is 23.2. The zero-order chi connectivity index (χ0) is 18.7. The van der Waals surface area contributed by atoms with Crippen molar-refractivity contribution < 1.29 is 14.3 Å². The number of hydrogen-bond acceptors (Lipinski definition) is 2. The van der Waals surface area contributed by atoms with Crippen molar-refractivity contribution in [3.63, 3.8) is 0 Å². The van der Waals surface area contributed by atoms with E-state index in [1.165, 1.54) is 31.4 Å². The molecule has 0 heterocycles. The lowest BCUT2D eigenvalue weighted by Gasteiger charge is -1.94. The first-order chi connectivity index (χ1) is 10.9. The molecule has 23 heavy (non-hydrogen) atoms. The third-order valence-electron chi connectivity index (χ3n) is 2.21. The van der Waals surface area contributed by atoms with E-state index in [4.69, 9.17) is 5.11 Å². The quantitative estimate of drug-likeness (QED) is 0.508. The van der Waals surface area contributed by atoms with Crippen LogP contribution in [-0.2, 0) is 4.79 Å². The van der Waals surface area contributed by atoms with Gasteiger partial charge in [0.15, 0.2) is 0 Å². The molecule has 0 spiro atoms. The molecule has 5 heteroatoms. The highest BCUT2D eigenvalue weighted by molar-refractivity contribution is 9.10. The van der Waals surface area contributed by atoms with Crippen molar-refractivity contribution in [2.24, 2.45) is 0 Å². The topological polar surface area (TPSA) is 49.3 Å². The van der Waals surface area contributed by atoms with Crippen LogP contribution in [0.5, 0.6) is 0 Å². The lowest BCUT2D eigenvalue weighted by atomic mass is 10.2. The lowest BCUT2D eigenvalue weighted by molar-refractivity contribution is -0.135. The van der Waals surface area contributed by atoms with E-state index in [1.54, 1.807) is 13.1 Å². The maximum atomic E-state index is 12.3. The largest absolute Gasteiger partial charge is 0.480 e. The number of carboxylic acids is 1. The third-order valence-corrected chi connectivity index (χ3v) is 3.10. The van der Waals surface area contributed by atoms with Crippen molar-refractivity contribution in [2.75, 3.05) is 13.6 Å². The molecule has 134 valence electrons. The molecule has 0 saturated heterocycles. The van der Waals surface area contributed by atoms with E-state index >= 15 is 0 Å². The molecule has 3 nitrogen and oxygen atoms in total. The van der Waals surface area contributed by atoms with Crippen LogP contribution in [0.4, 0.5) is 4.39 Å². The van der Waals surface area contributed by atoms with Gasteiger partial charge in [-0.2, -0.15) is 0 Å². The molecule has 1 aromatic rings. The fraction of sp³-hybridized carbons (Fsp3) is 0.500. The number of unbranched alkanes of at least 4 members (excludes halogenated alkanes) is 2. The summed E-state index contributed by atoms with van der Waals surface area (Å²) in [5, 5.41) is 10.3. The minimum atomic E-state index is -0.822. The number of allylic oxidation sites excluding steroid dienone is 1. The molecule has 0 aromatic heterocycles. The standard InChI is InChI=1S/C7H6BrF.C6H12.C3H7NO2.C2H6/c1-5-4-6(9)2-3-7(5)8;1-3-5-6-4-2;1-4-2-3(5)6;1-2/h2-4H,1H3;3H,1,4-6H2,2H3;4H,2H2,1H3,(H,5,6);1-2H3. The van der Waals surface area contributed by atoms with Gasteiger partial charge in [0, 0.05) is 4.47 Å². The van der Waals surface area contributed by atoms with E-state index in [-0.39, 0.29) is 12.4 Å². The number of nitrogens with one attached hydrogen (secondary N) is 1. The zero-order valence-corrected chi connectivity index (χ0v) is 16.5. The number of carbonyl (C=O) groups is 1. The molecular weight excluding hydrogens is 361 g/mol. The fourth-order valence-electron chi connectivity index (χ4n) is 1.11. The zero-order valence-electron chi connectivity index (χ0n) is 15.0. The second-order valence-electron chi connectivity index (χ2n) is 4.25. The van der Waals surface area contributed by atoms with E-state index in [1.807, 2.05) is 26.8 Å². The molecule has 0 radical (unpaired) electrons. The maximum absolute atomic E-state index is 12.3. The van der Waals surface area contributed by atoms with Gasteiger partial charge < -0.3 is 10.4 Å². The minimum absolute atomic E-state index is 0.0417. The second-order valence-corrected chi connectivity index (χ2v) is 5.10. The molecule has 0 aliphatic carbocycles. The molecule has 2 N–H and O–H groups in total. The van der Waals surface area contributed by atoms with E-state index in [2.05, 4.69) is 34.7 Å². The Hall–Kier alpha value is -1.20. The van der Waals surface area contributed by atoms with Crippen molar-refractivity contribution >= 4 is 21.9 Å². The summed E-state index contributed by atoms with van der Waals surface area (Å²) in [5.41, 5.74) is 0.926. The molecule has 1 aromatic carbocycles. The average molecular weight is 392 g/mol. The Morgan fingerprint density at radius 2 is 2.00 bits per heavy atom. The van der Waals surface area contributed by atoms with Gasteiger partial charge >= 0.3 is 5.97 Å². The average Bonchev–Trinajstić information content (AvgIpc) is 2.52. The van der Waals surface area contributed by atoms with Crippen LogP contribution in [0.25, 0.3) is 0 Å². The van der Waals surface area contributed by atoms with Crippen molar-refractivity contribution in [1.29, 1.82) is 0 Å². The van der Waals surface area contributed by atoms with Crippen LogP contribution < -0.4 is 5.32 Å². The predicted molar refractivity (Wildman–Crippen MR) is 101 cm³/mol. The smallest absolute Gasteiger partial charge is 0.317 e. The van der Waals surface area contributed by atoms with Crippen LogP contribution in [-0.4, -0.2) is 24.7 Å². The molecule has 0 unspecified atom stereocenters. The van der Waals surface area contributed by atoms with Crippen molar-refractivity contribution in [3.05, 3.63) is 46.7 Å². The minimum Gasteiger partial charge on any atom is -0.480 e. The summed E-state index contributed by atoms with van der Waals surface area (Å²) in [6, 6.07) is 4.62. The molecule has 1 rings (SSSR count). The molecule has 0 bridgehead atoms. The summed E-state index contributed by atoms with van der Waals surface area (Å²) in [5.74, 6) is -1.01. The summed E-state index contributed by atoms with van der Waals surface area (Å²) in [6.45, 7) is 11.7. The van der Waals surface area contributed by atoms with Gasteiger partial charge in [0.05, 0.1) is 6.54 Å². The van der Waals surface area contributed by atoms with Gasteiger partial charge in [-0.25, -0.2) is 4.39 Å². The number of halogens is 2. The number of rotatable bonds is 5. The van der Waals surface area contributed by atoms with E-state index in [0.717, 1.165) is 10.0 Å². The predicted octanol–water partition coefficient (Wildman–Crippen LogP) is 5.58. The number of hydrogen-bond donors (Lipinski definition) is 2. The first kappa shape index (κ1) is 26.7. The van der Waals surface area contributed by atoms with Gasteiger partial charge in [-0.1, -0.05) is 55.6 Å². The van der Waals surface area contributed by atoms with Gasteiger partial charge in [0.2, 0.25) is 0 Å². The molecule has 0 aliphatic rings. The SMILES string of the molecule is C=CCCCC.CC.CNCC(=O)O.Cc1cc(F)ccc1Br. The van der Waals surface area contributed by atoms with Gasteiger partial charge in [-0.15, -0.1) is 6.58 Å². The Balaban J connectivity index is -0.000000256. The number of aliphatic carboxylic acids is 1. The maximum Gasteiger partial charge on any atom is 0.317 e. The van der Waals surface area contributed by atoms with Crippen LogP contribution in [0.3, 0.4) is 0 Å². The highest BCUT2D eigenvalue weighted by Crippen LogP contribution is 2.15. The molecular formula is C18H31BrFNO2. The van der Waals surface area contributed by atoms with Gasteiger partial charge in [0.25, 0.3) is 0 Å². The van der Waals surface area contributed by atoms with E-state index in [9.17, 15) is 9.18 Å². The summed E-state index contributed by atoms with van der Waals surface area (Å²) in [7, 11) is 1.59. The normalized spacial score (nSPS) is 8.30. The number of aryl methyl sites for hydroxylation is 1. The van der Waals surface area contributed by atoms with Gasteiger partial charge in [-0.3, -0.25) is 4.79 Å². The van der Waals surface area contributed by atoms with Crippen LogP contribution in [0, 0.1) is 12.7 Å². The fourth-order valence-corrected chi connectivity index (χ4v) is 1.35. The van der Waals surface area contributed by atoms with E-state index < -0.39 is 5.97 Å². The Bertz CT molecular complexity index is 412. The first-order valence-corrected chi connectivity index (χ1v) is 8.57. The monoisotopic (exact) mass is 391 g/mol. The molecule has 0 saturated carbocycles.